The molecule has 4 heteroatoms. The zero-order valence-corrected chi connectivity index (χ0v) is 9.94. The normalized spacial score (nSPS) is 27.3. The summed E-state index contributed by atoms with van der Waals surface area (Å²) in [6.07, 6.45) is 1.13. The first-order valence-electron chi connectivity index (χ1n) is 5.66. The molecular formula is C11H22N2O2. The van der Waals surface area contributed by atoms with Gasteiger partial charge in [0.25, 0.3) is 0 Å². The Kier molecular flexibility index (Phi) is 4.54. The van der Waals surface area contributed by atoms with Crippen LogP contribution in [0.3, 0.4) is 0 Å². The summed E-state index contributed by atoms with van der Waals surface area (Å²) in [5.41, 5.74) is 0. The van der Waals surface area contributed by atoms with Gasteiger partial charge >= 0.3 is 5.97 Å². The van der Waals surface area contributed by atoms with Gasteiger partial charge in [0.05, 0.1) is 5.92 Å². The molecule has 88 valence electrons. The fourth-order valence-electron chi connectivity index (χ4n) is 2.12. The van der Waals surface area contributed by atoms with Crippen molar-refractivity contribution in [2.24, 2.45) is 5.92 Å². The van der Waals surface area contributed by atoms with Gasteiger partial charge in [-0.2, -0.15) is 0 Å². The molecule has 15 heavy (non-hydrogen) atoms. The van der Waals surface area contributed by atoms with E-state index in [1.54, 1.807) is 6.92 Å². The van der Waals surface area contributed by atoms with E-state index in [0.717, 1.165) is 26.1 Å². The van der Waals surface area contributed by atoms with Crippen LogP contribution in [0, 0.1) is 5.92 Å². The van der Waals surface area contributed by atoms with E-state index in [4.69, 9.17) is 5.11 Å². The third-order valence-corrected chi connectivity index (χ3v) is 3.11. The van der Waals surface area contributed by atoms with Crippen LogP contribution in [0.1, 0.15) is 20.3 Å². The van der Waals surface area contributed by atoms with E-state index in [-0.39, 0.29) is 5.92 Å². The lowest BCUT2D eigenvalue weighted by Gasteiger charge is -2.29. The van der Waals surface area contributed by atoms with E-state index in [0.29, 0.717) is 12.6 Å². The molecule has 0 radical (unpaired) electrons. The highest BCUT2D eigenvalue weighted by atomic mass is 16.4. The number of carbonyl (C=O) groups is 1. The van der Waals surface area contributed by atoms with E-state index in [2.05, 4.69) is 23.8 Å². The third-order valence-electron chi connectivity index (χ3n) is 3.11. The minimum atomic E-state index is -0.695. The van der Waals surface area contributed by atoms with Gasteiger partial charge in [-0.25, -0.2) is 0 Å². The van der Waals surface area contributed by atoms with Crippen molar-refractivity contribution in [3.05, 3.63) is 0 Å². The summed E-state index contributed by atoms with van der Waals surface area (Å²) in [5, 5.41) is 8.88. The fraction of sp³-hybridized carbons (Fsp3) is 0.909. The highest BCUT2D eigenvalue weighted by Crippen LogP contribution is 2.11. The molecule has 1 heterocycles. The minimum Gasteiger partial charge on any atom is -0.481 e. The maximum atomic E-state index is 10.8. The van der Waals surface area contributed by atoms with Crippen molar-refractivity contribution in [3.8, 4) is 0 Å². The topological polar surface area (TPSA) is 43.8 Å². The quantitative estimate of drug-likeness (QED) is 0.752. The number of hydrogen-bond donors (Lipinski definition) is 1. The molecule has 2 atom stereocenters. The van der Waals surface area contributed by atoms with Gasteiger partial charge in [0, 0.05) is 19.1 Å². The maximum Gasteiger partial charge on any atom is 0.307 e. The van der Waals surface area contributed by atoms with Crippen LogP contribution in [0.25, 0.3) is 0 Å². The Morgan fingerprint density at radius 2 is 2.20 bits per heavy atom. The average Bonchev–Trinajstić information content (AvgIpc) is 2.28. The zero-order chi connectivity index (χ0) is 11.4. The van der Waals surface area contributed by atoms with Gasteiger partial charge in [0.15, 0.2) is 0 Å². The Balaban J connectivity index is 2.49. The summed E-state index contributed by atoms with van der Waals surface area (Å²) in [4.78, 5) is 15.4. The van der Waals surface area contributed by atoms with Crippen LogP contribution in [0.15, 0.2) is 0 Å². The summed E-state index contributed by atoms with van der Waals surface area (Å²) < 4.78 is 0. The van der Waals surface area contributed by atoms with Crippen molar-refractivity contribution in [1.29, 1.82) is 0 Å². The number of carboxylic acids is 1. The first kappa shape index (κ1) is 12.5. The van der Waals surface area contributed by atoms with E-state index < -0.39 is 5.97 Å². The molecule has 0 aromatic rings. The molecule has 0 aromatic heterocycles. The predicted octanol–water partition coefficient (Wildman–Crippen LogP) is 0.733. The molecular weight excluding hydrogens is 192 g/mol. The Bertz CT molecular complexity index is 221. The molecule has 0 bridgehead atoms. The second-order valence-electron chi connectivity index (χ2n) is 4.70. The number of aliphatic carboxylic acids is 1. The lowest BCUT2D eigenvalue weighted by molar-refractivity contribution is -0.141. The minimum absolute atomic E-state index is 0.268. The molecule has 1 N–H and O–H groups in total. The second kappa shape index (κ2) is 5.47. The molecule has 0 saturated carbocycles. The van der Waals surface area contributed by atoms with E-state index in [9.17, 15) is 4.79 Å². The lowest BCUT2D eigenvalue weighted by atomic mass is 10.1. The number of carboxylic acid groups (broad SMARTS) is 1. The molecule has 1 aliphatic rings. The van der Waals surface area contributed by atoms with Crippen LogP contribution in [-0.4, -0.2) is 60.1 Å². The van der Waals surface area contributed by atoms with E-state index in [1.807, 2.05) is 0 Å². The molecule has 0 aliphatic carbocycles. The van der Waals surface area contributed by atoms with Crippen LogP contribution in [0.4, 0.5) is 0 Å². The summed E-state index contributed by atoms with van der Waals surface area (Å²) in [6.45, 7) is 7.79. The van der Waals surface area contributed by atoms with Crippen molar-refractivity contribution < 1.29 is 9.90 Å². The van der Waals surface area contributed by atoms with Gasteiger partial charge in [0.1, 0.15) is 0 Å². The first-order chi connectivity index (χ1) is 7.00. The van der Waals surface area contributed by atoms with Crippen LogP contribution < -0.4 is 0 Å². The molecule has 2 unspecified atom stereocenters. The van der Waals surface area contributed by atoms with E-state index >= 15 is 0 Å². The second-order valence-corrected chi connectivity index (χ2v) is 4.70. The summed E-state index contributed by atoms with van der Waals surface area (Å²) in [7, 11) is 2.13. The lowest BCUT2D eigenvalue weighted by Crippen LogP contribution is -2.41. The van der Waals surface area contributed by atoms with Gasteiger partial charge in [-0.15, -0.1) is 0 Å². The molecule has 1 aliphatic heterocycles. The predicted molar refractivity (Wildman–Crippen MR) is 59.9 cm³/mol. The first-order valence-corrected chi connectivity index (χ1v) is 5.66. The molecule has 1 fully saturated rings. The number of hydrogen-bond acceptors (Lipinski definition) is 3. The number of nitrogens with zero attached hydrogens (tertiary/aromatic N) is 2. The van der Waals surface area contributed by atoms with Crippen LogP contribution >= 0.6 is 0 Å². The summed E-state index contributed by atoms with van der Waals surface area (Å²) >= 11 is 0. The summed E-state index contributed by atoms with van der Waals surface area (Å²) in [6, 6.07) is 0.458. The van der Waals surface area contributed by atoms with Crippen LogP contribution in [-0.2, 0) is 4.79 Å². The van der Waals surface area contributed by atoms with Gasteiger partial charge in [-0.05, 0) is 33.5 Å². The number of rotatable bonds is 3. The highest BCUT2D eigenvalue weighted by Gasteiger charge is 2.23. The molecule has 0 amide bonds. The smallest absolute Gasteiger partial charge is 0.307 e. The molecule has 4 nitrogen and oxygen atoms in total. The zero-order valence-electron chi connectivity index (χ0n) is 9.94. The maximum absolute atomic E-state index is 10.8. The Labute approximate surface area is 91.9 Å². The SMILES string of the molecule is CC(CN1CCCN(C)CC1C)C(=O)O. The van der Waals surface area contributed by atoms with Gasteiger partial charge < -0.3 is 10.0 Å². The molecule has 0 aromatic carbocycles. The monoisotopic (exact) mass is 214 g/mol. The Morgan fingerprint density at radius 3 is 2.80 bits per heavy atom. The van der Waals surface area contributed by atoms with Crippen molar-refractivity contribution >= 4 is 5.97 Å². The van der Waals surface area contributed by atoms with Crippen molar-refractivity contribution in [3.63, 3.8) is 0 Å². The molecule has 1 saturated heterocycles. The van der Waals surface area contributed by atoms with Crippen molar-refractivity contribution in [2.75, 3.05) is 33.2 Å². The van der Waals surface area contributed by atoms with Crippen molar-refractivity contribution in [2.45, 2.75) is 26.3 Å². The van der Waals surface area contributed by atoms with Crippen LogP contribution in [0.5, 0.6) is 0 Å². The molecule has 1 rings (SSSR count). The Morgan fingerprint density at radius 1 is 1.53 bits per heavy atom. The van der Waals surface area contributed by atoms with Gasteiger partial charge in [-0.1, -0.05) is 6.92 Å². The van der Waals surface area contributed by atoms with Crippen molar-refractivity contribution in [1.82, 2.24) is 9.80 Å². The van der Waals surface area contributed by atoms with Crippen LogP contribution in [0.2, 0.25) is 0 Å². The van der Waals surface area contributed by atoms with Gasteiger partial charge in [-0.3, -0.25) is 9.69 Å². The van der Waals surface area contributed by atoms with E-state index in [1.165, 1.54) is 0 Å². The largest absolute Gasteiger partial charge is 0.481 e. The molecule has 0 spiro atoms. The highest BCUT2D eigenvalue weighted by molar-refractivity contribution is 5.69. The third kappa shape index (κ3) is 3.80. The van der Waals surface area contributed by atoms with Gasteiger partial charge in [0.2, 0.25) is 0 Å². The summed E-state index contributed by atoms with van der Waals surface area (Å²) in [5.74, 6) is -0.962. The number of likely N-dealkylation sites (N-methyl/N-ethyl adjacent to an activating group) is 1. The average molecular weight is 214 g/mol. The fourth-order valence-corrected chi connectivity index (χ4v) is 2.12. The Hall–Kier alpha value is -0.610. The standard InChI is InChI=1S/C11H22N2O2/c1-9(11(14)15)7-13-6-4-5-12(3)8-10(13)2/h9-10H,4-8H2,1-3H3,(H,14,15).